The van der Waals surface area contributed by atoms with Crippen molar-refractivity contribution in [3.05, 3.63) is 34.8 Å². The van der Waals surface area contributed by atoms with Crippen LogP contribution < -0.4 is 4.74 Å². The minimum atomic E-state index is -0.00666. The lowest BCUT2D eigenvalue weighted by molar-refractivity contribution is 0.278. The van der Waals surface area contributed by atoms with Crippen molar-refractivity contribution in [3.8, 4) is 16.3 Å². The second kappa shape index (κ2) is 5.29. The van der Waals surface area contributed by atoms with Gasteiger partial charge in [-0.2, -0.15) is 0 Å². The summed E-state index contributed by atoms with van der Waals surface area (Å²) in [4.78, 5) is 4.36. The summed E-state index contributed by atoms with van der Waals surface area (Å²) < 4.78 is 5.30. The zero-order valence-corrected chi connectivity index (χ0v) is 10.8. The predicted molar refractivity (Wildman–Crippen MR) is 69.4 cm³/mol. The first kappa shape index (κ1) is 12.1. The van der Waals surface area contributed by atoms with E-state index in [0.29, 0.717) is 0 Å². The number of nitrogens with zero attached hydrogens (tertiary/aromatic N) is 1. The second-order valence-corrected chi connectivity index (χ2v) is 4.54. The van der Waals surface area contributed by atoms with Gasteiger partial charge in [-0.25, -0.2) is 4.98 Å². The molecular formula is C13H15NO2S. The third-order valence-corrected chi connectivity index (χ3v) is 3.56. The molecule has 90 valence electrons. The van der Waals surface area contributed by atoms with Gasteiger partial charge < -0.3 is 9.84 Å². The van der Waals surface area contributed by atoms with Gasteiger partial charge in [-0.15, -0.1) is 11.3 Å². The van der Waals surface area contributed by atoms with Gasteiger partial charge in [-0.05, 0) is 30.2 Å². The number of rotatable bonds is 4. The van der Waals surface area contributed by atoms with Gasteiger partial charge in [-0.1, -0.05) is 6.92 Å². The molecule has 0 radical (unpaired) electrons. The summed E-state index contributed by atoms with van der Waals surface area (Å²) in [5.74, 6) is 0.912. The van der Waals surface area contributed by atoms with E-state index in [2.05, 4.69) is 18.0 Å². The molecule has 0 aliphatic carbocycles. The van der Waals surface area contributed by atoms with Gasteiger partial charge in [0.05, 0.1) is 19.4 Å². The first-order valence-corrected chi connectivity index (χ1v) is 6.39. The fraction of sp³-hybridized carbons (Fsp3) is 0.308. The minimum absolute atomic E-state index is 0.00666. The summed E-state index contributed by atoms with van der Waals surface area (Å²) in [6, 6.07) is 6.06. The Kier molecular flexibility index (Phi) is 3.76. The van der Waals surface area contributed by atoms with E-state index < -0.39 is 0 Å². The molecule has 17 heavy (non-hydrogen) atoms. The summed E-state index contributed by atoms with van der Waals surface area (Å²) in [5.41, 5.74) is 2.97. The first-order chi connectivity index (χ1) is 8.28. The van der Waals surface area contributed by atoms with E-state index in [4.69, 9.17) is 9.84 Å². The fourth-order valence-corrected chi connectivity index (χ4v) is 2.51. The average molecular weight is 249 g/mol. The lowest BCUT2D eigenvalue weighted by Gasteiger charge is -2.07. The topological polar surface area (TPSA) is 42.4 Å². The Balaban J connectivity index is 2.38. The highest BCUT2D eigenvalue weighted by molar-refractivity contribution is 7.13. The molecular weight excluding hydrogens is 234 g/mol. The second-order valence-electron chi connectivity index (χ2n) is 3.68. The predicted octanol–water partition coefficient (Wildman–Crippen LogP) is 2.87. The van der Waals surface area contributed by atoms with E-state index in [1.54, 1.807) is 18.4 Å². The molecule has 0 bridgehead atoms. The highest BCUT2D eigenvalue weighted by atomic mass is 32.1. The van der Waals surface area contributed by atoms with Crippen molar-refractivity contribution in [3.63, 3.8) is 0 Å². The molecule has 1 aromatic carbocycles. The van der Waals surface area contributed by atoms with Gasteiger partial charge in [-0.3, -0.25) is 0 Å². The van der Waals surface area contributed by atoms with Crippen LogP contribution in [0.2, 0.25) is 0 Å². The van der Waals surface area contributed by atoms with Crippen molar-refractivity contribution < 1.29 is 9.84 Å². The highest BCUT2D eigenvalue weighted by Gasteiger charge is 2.07. The minimum Gasteiger partial charge on any atom is -0.496 e. The molecule has 2 rings (SSSR count). The van der Waals surface area contributed by atoms with E-state index >= 15 is 0 Å². The summed E-state index contributed by atoms with van der Waals surface area (Å²) in [7, 11) is 1.68. The van der Waals surface area contributed by atoms with E-state index in [-0.39, 0.29) is 6.61 Å². The molecule has 1 aromatic heterocycles. The standard InChI is InChI=1S/C13H15NO2S/c1-3-9-6-10(4-5-12(9)16-2)13-14-11(7-15)8-17-13/h4-6,8,15H,3,7H2,1-2H3. The molecule has 0 amide bonds. The van der Waals surface area contributed by atoms with Gasteiger partial charge in [0.15, 0.2) is 0 Å². The molecule has 4 heteroatoms. The van der Waals surface area contributed by atoms with Crippen LogP contribution in [0.4, 0.5) is 0 Å². The Bertz CT molecular complexity index is 508. The Morgan fingerprint density at radius 2 is 2.24 bits per heavy atom. The molecule has 0 aliphatic heterocycles. The first-order valence-electron chi connectivity index (χ1n) is 5.51. The number of aliphatic hydroxyl groups is 1. The van der Waals surface area contributed by atoms with E-state index in [0.717, 1.165) is 28.4 Å². The maximum absolute atomic E-state index is 9.00. The summed E-state index contributed by atoms with van der Waals surface area (Å²) >= 11 is 1.55. The van der Waals surface area contributed by atoms with Crippen molar-refractivity contribution in [1.29, 1.82) is 0 Å². The van der Waals surface area contributed by atoms with Gasteiger partial charge in [0.2, 0.25) is 0 Å². The van der Waals surface area contributed by atoms with Gasteiger partial charge in [0, 0.05) is 10.9 Å². The third-order valence-electron chi connectivity index (χ3n) is 2.62. The van der Waals surface area contributed by atoms with Crippen LogP contribution in [0.1, 0.15) is 18.2 Å². The lowest BCUT2D eigenvalue weighted by atomic mass is 10.1. The molecule has 3 nitrogen and oxygen atoms in total. The number of ether oxygens (including phenoxy) is 1. The van der Waals surface area contributed by atoms with Crippen molar-refractivity contribution in [2.24, 2.45) is 0 Å². The van der Waals surface area contributed by atoms with Crippen LogP contribution in [-0.2, 0) is 13.0 Å². The molecule has 0 aliphatic rings. The maximum Gasteiger partial charge on any atom is 0.123 e. The van der Waals surface area contributed by atoms with Crippen LogP contribution in [0.5, 0.6) is 5.75 Å². The number of hydrogen-bond acceptors (Lipinski definition) is 4. The van der Waals surface area contributed by atoms with Crippen LogP contribution in [0.25, 0.3) is 10.6 Å². The van der Waals surface area contributed by atoms with Gasteiger partial charge in [0.1, 0.15) is 10.8 Å². The number of aliphatic hydroxyl groups excluding tert-OH is 1. The number of aromatic nitrogens is 1. The Morgan fingerprint density at radius 3 is 2.82 bits per heavy atom. The van der Waals surface area contributed by atoms with Crippen LogP contribution in [0.15, 0.2) is 23.6 Å². The number of thiazole rings is 1. The van der Waals surface area contributed by atoms with Crippen molar-refractivity contribution >= 4 is 11.3 Å². The van der Waals surface area contributed by atoms with Crippen LogP contribution in [0, 0.1) is 0 Å². The largest absolute Gasteiger partial charge is 0.496 e. The SMILES string of the molecule is CCc1cc(-c2nc(CO)cs2)ccc1OC. The zero-order chi connectivity index (χ0) is 12.3. The molecule has 0 atom stereocenters. The smallest absolute Gasteiger partial charge is 0.123 e. The quantitative estimate of drug-likeness (QED) is 0.906. The molecule has 1 heterocycles. The molecule has 0 saturated carbocycles. The fourth-order valence-electron chi connectivity index (χ4n) is 1.70. The van der Waals surface area contributed by atoms with Gasteiger partial charge >= 0.3 is 0 Å². The highest BCUT2D eigenvalue weighted by Crippen LogP contribution is 2.29. The maximum atomic E-state index is 9.00. The molecule has 1 N–H and O–H groups in total. The normalized spacial score (nSPS) is 10.5. The van der Waals surface area contributed by atoms with Crippen molar-refractivity contribution in [1.82, 2.24) is 4.98 Å². The summed E-state index contributed by atoms with van der Waals surface area (Å²) in [5, 5.41) is 11.8. The summed E-state index contributed by atoms with van der Waals surface area (Å²) in [6.07, 6.45) is 0.926. The lowest BCUT2D eigenvalue weighted by Crippen LogP contribution is -1.91. The molecule has 0 saturated heterocycles. The molecule has 0 spiro atoms. The van der Waals surface area contributed by atoms with Crippen LogP contribution in [-0.4, -0.2) is 17.2 Å². The molecule has 2 aromatic rings. The zero-order valence-electron chi connectivity index (χ0n) is 9.93. The number of aryl methyl sites for hydroxylation is 1. The number of hydrogen-bond donors (Lipinski definition) is 1. The molecule has 0 fully saturated rings. The number of methoxy groups -OCH3 is 1. The third kappa shape index (κ3) is 2.48. The van der Waals surface area contributed by atoms with Gasteiger partial charge in [0.25, 0.3) is 0 Å². The molecule has 0 unspecified atom stereocenters. The van der Waals surface area contributed by atoms with Crippen molar-refractivity contribution in [2.45, 2.75) is 20.0 Å². The monoisotopic (exact) mass is 249 g/mol. The average Bonchev–Trinajstić information content (AvgIpc) is 2.86. The van der Waals surface area contributed by atoms with E-state index in [1.165, 1.54) is 5.56 Å². The Hall–Kier alpha value is -1.39. The van der Waals surface area contributed by atoms with Crippen molar-refractivity contribution in [2.75, 3.05) is 7.11 Å². The Morgan fingerprint density at radius 1 is 1.41 bits per heavy atom. The van der Waals surface area contributed by atoms with E-state index in [1.807, 2.05) is 17.5 Å². The Labute approximate surface area is 105 Å². The number of benzene rings is 1. The summed E-state index contributed by atoms with van der Waals surface area (Å²) in [6.45, 7) is 2.09. The van der Waals surface area contributed by atoms with E-state index in [9.17, 15) is 0 Å². The van der Waals surface area contributed by atoms with Crippen LogP contribution in [0.3, 0.4) is 0 Å². The van der Waals surface area contributed by atoms with Crippen LogP contribution >= 0.6 is 11.3 Å².